The molecule has 3 aromatic rings. The van der Waals surface area contributed by atoms with Crippen molar-refractivity contribution in [2.45, 2.75) is 96.4 Å². The van der Waals surface area contributed by atoms with Crippen LogP contribution in [0, 0.1) is 34.5 Å². The molecule has 6 rings (SSSR count). The Labute approximate surface area is 284 Å². The Morgan fingerprint density at radius 3 is 1.87 bits per heavy atom. The number of hydrogen-bond donors (Lipinski definition) is 0. The van der Waals surface area contributed by atoms with Crippen LogP contribution in [0.4, 0.5) is 0 Å². The number of carbonyl (C=O) groups excluding carboxylic acids is 2. The highest BCUT2D eigenvalue weighted by molar-refractivity contribution is 6.75. The zero-order valence-electron chi connectivity index (χ0n) is 29.2. The third kappa shape index (κ3) is 6.40. The SMILES string of the molecule is CC(C)(C)[Si](Cc1ccccc1)(Cc1ccccc1)O[C@H]1CC[C@](C)([C@H]2CC[C@]3(C)C(c4ccccc4)=CC[C@H]3[C@@H]2C=O)[C@@H](C=O)C1. The van der Waals surface area contributed by atoms with Crippen LogP contribution < -0.4 is 0 Å². The fourth-order valence-electron chi connectivity index (χ4n) is 9.92. The second kappa shape index (κ2) is 13.4. The molecule has 0 bridgehead atoms. The fourth-order valence-corrected chi connectivity index (χ4v) is 14.3. The maximum Gasteiger partial charge on any atom is 0.207 e. The summed E-state index contributed by atoms with van der Waals surface area (Å²) in [6.45, 7) is 11.8. The number of benzene rings is 3. The van der Waals surface area contributed by atoms with E-state index < -0.39 is 8.32 Å². The van der Waals surface area contributed by atoms with E-state index in [1.165, 1.54) is 34.8 Å². The number of aldehydes is 2. The largest absolute Gasteiger partial charge is 0.413 e. The highest BCUT2D eigenvalue weighted by atomic mass is 28.4. The summed E-state index contributed by atoms with van der Waals surface area (Å²) in [5.74, 6) is 0.317. The zero-order valence-corrected chi connectivity index (χ0v) is 30.2. The first-order valence-corrected chi connectivity index (χ1v) is 20.3. The lowest BCUT2D eigenvalue weighted by Crippen LogP contribution is -2.57. The first-order chi connectivity index (χ1) is 22.5. The quantitative estimate of drug-likeness (QED) is 0.163. The molecular weight excluding hydrogens is 593 g/mol. The van der Waals surface area contributed by atoms with Crippen LogP contribution in [-0.4, -0.2) is 27.0 Å². The van der Waals surface area contributed by atoms with E-state index in [0.29, 0.717) is 0 Å². The van der Waals surface area contributed by atoms with Gasteiger partial charge in [-0.15, -0.1) is 0 Å². The molecule has 7 atom stereocenters. The zero-order chi connectivity index (χ0) is 33.3. The van der Waals surface area contributed by atoms with Crippen molar-refractivity contribution in [2.75, 3.05) is 0 Å². The van der Waals surface area contributed by atoms with Crippen LogP contribution in [0.2, 0.25) is 5.04 Å². The molecule has 0 radical (unpaired) electrons. The maximum absolute atomic E-state index is 13.1. The van der Waals surface area contributed by atoms with Crippen molar-refractivity contribution < 1.29 is 14.0 Å². The van der Waals surface area contributed by atoms with Gasteiger partial charge in [0.15, 0.2) is 0 Å². The number of hydrogen-bond acceptors (Lipinski definition) is 3. The van der Waals surface area contributed by atoms with Gasteiger partial charge in [-0.2, -0.15) is 0 Å². The summed E-state index contributed by atoms with van der Waals surface area (Å²) < 4.78 is 7.57. The van der Waals surface area contributed by atoms with Crippen molar-refractivity contribution in [1.29, 1.82) is 0 Å². The molecule has 0 heterocycles. The maximum atomic E-state index is 13.1. The lowest BCUT2D eigenvalue weighted by molar-refractivity contribution is -0.134. The van der Waals surface area contributed by atoms with Gasteiger partial charge < -0.3 is 14.0 Å². The topological polar surface area (TPSA) is 43.4 Å². The van der Waals surface area contributed by atoms with Crippen molar-refractivity contribution in [1.82, 2.24) is 0 Å². The van der Waals surface area contributed by atoms with E-state index in [0.717, 1.165) is 50.6 Å². The van der Waals surface area contributed by atoms with E-state index in [1.807, 2.05) is 0 Å². The predicted octanol–water partition coefficient (Wildman–Crippen LogP) is 10.0. The van der Waals surface area contributed by atoms with Crippen LogP contribution in [0.3, 0.4) is 0 Å². The molecule has 0 N–H and O–H groups in total. The molecule has 3 aromatic carbocycles. The van der Waals surface area contributed by atoms with Gasteiger partial charge >= 0.3 is 0 Å². The first kappa shape index (κ1) is 33.8. The average molecular weight is 647 g/mol. The highest BCUT2D eigenvalue weighted by Crippen LogP contribution is 2.63. The Bertz CT molecular complexity index is 1500. The van der Waals surface area contributed by atoms with Gasteiger partial charge in [-0.25, -0.2) is 0 Å². The minimum Gasteiger partial charge on any atom is -0.413 e. The van der Waals surface area contributed by atoms with Gasteiger partial charge in [0.2, 0.25) is 8.32 Å². The van der Waals surface area contributed by atoms with Crippen LogP contribution in [0.5, 0.6) is 0 Å². The van der Waals surface area contributed by atoms with Crippen molar-refractivity contribution in [2.24, 2.45) is 34.5 Å². The second-order valence-electron chi connectivity index (χ2n) is 16.4. The normalized spacial score (nSPS) is 31.1. The minimum absolute atomic E-state index is 0.0104. The van der Waals surface area contributed by atoms with Gasteiger partial charge in [0, 0.05) is 17.9 Å². The van der Waals surface area contributed by atoms with Crippen LogP contribution >= 0.6 is 0 Å². The molecule has 0 saturated heterocycles. The molecule has 0 unspecified atom stereocenters. The van der Waals surface area contributed by atoms with Gasteiger partial charge in [-0.3, -0.25) is 0 Å². The fraction of sp³-hybridized carbons (Fsp3) is 0.488. The van der Waals surface area contributed by atoms with E-state index >= 15 is 0 Å². The van der Waals surface area contributed by atoms with E-state index in [2.05, 4.69) is 132 Å². The number of carbonyl (C=O) groups is 2. The molecule has 3 nitrogen and oxygen atoms in total. The Balaban J connectivity index is 1.25. The smallest absolute Gasteiger partial charge is 0.207 e. The summed E-state index contributed by atoms with van der Waals surface area (Å²) in [5.41, 5.74) is 5.13. The summed E-state index contributed by atoms with van der Waals surface area (Å²) >= 11 is 0. The number of fused-ring (bicyclic) bond motifs is 1. The van der Waals surface area contributed by atoms with Crippen molar-refractivity contribution in [3.63, 3.8) is 0 Å². The molecular formula is C43H54O3Si. The van der Waals surface area contributed by atoms with Gasteiger partial charge in [0.1, 0.15) is 12.6 Å². The molecule has 3 aliphatic carbocycles. The molecule has 248 valence electrons. The highest BCUT2D eigenvalue weighted by Gasteiger charge is 2.58. The molecule has 0 aromatic heterocycles. The van der Waals surface area contributed by atoms with E-state index in [-0.39, 0.29) is 45.6 Å². The average Bonchev–Trinajstić information content (AvgIpc) is 3.43. The summed E-state index contributed by atoms with van der Waals surface area (Å²) in [7, 11) is -2.46. The molecule has 47 heavy (non-hydrogen) atoms. The summed E-state index contributed by atoms with van der Waals surface area (Å²) in [5, 5.41) is -0.0154. The van der Waals surface area contributed by atoms with Gasteiger partial charge in [0.05, 0.1) is 0 Å². The van der Waals surface area contributed by atoms with Crippen molar-refractivity contribution in [3.8, 4) is 0 Å². The molecule has 0 spiro atoms. The summed E-state index contributed by atoms with van der Waals surface area (Å²) in [4.78, 5) is 26.1. The molecule has 3 aliphatic rings. The lowest BCUT2D eigenvalue weighted by Gasteiger charge is -2.56. The first-order valence-electron chi connectivity index (χ1n) is 18.0. The molecule has 4 heteroatoms. The number of rotatable bonds is 10. The predicted molar refractivity (Wildman–Crippen MR) is 195 cm³/mol. The Morgan fingerprint density at radius 2 is 1.34 bits per heavy atom. The molecule has 2 saturated carbocycles. The second-order valence-corrected chi connectivity index (χ2v) is 20.9. The third-order valence-electron chi connectivity index (χ3n) is 13.0. The van der Waals surface area contributed by atoms with Crippen LogP contribution in [0.25, 0.3) is 5.57 Å². The molecule has 0 aliphatic heterocycles. The Hall–Kier alpha value is -3.08. The van der Waals surface area contributed by atoms with Gasteiger partial charge in [-0.1, -0.05) is 132 Å². The van der Waals surface area contributed by atoms with Crippen LogP contribution in [0.1, 0.15) is 89.8 Å². The minimum atomic E-state index is -2.46. The van der Waals surface area contributed by atoms with Crippen molar-refractivity contribution in [3.05, 3.63) is 114 Å². The number of allylic oxidation sites excluding steroid dienone is 2. The van der Waals surface area contributed by atoms with Crippen LogP contribution in [-0.2, 0) is 26.1 Å². The standard InChI is InChI=1S/C43H54O3Si/c1-41(2,3)47(30-32-15-9-6-10-16-32,31-33-17-11-7-12-18-33)46-36-23-25-42(4,35(27-36)28-44)40-24-26-43(5)38(34-19-13-8-14-20-34)21-22-39(43)37(40)29-45/h6-21,28-29,35-37,39-40H,22-27,30-31H2,1-5H3/t35-,36+,37+,39+,40+,42+,43-/m1/s1. The van der Waals surface area contributed by atoms with E-state index in [1.54, 1.807) is 0 Å². The molecule has 2 fully saturated rings. The van der Waals surface area contributed by atoms with E-state index in [9.17, 15) is 9.59 Å². The Kier molecular flexibility index (Phi) is 9.66. The van der Waals surface area contributed by atoms with Gasteiger partial charge in [0.25, 0.3) is 0 Å². The third-order valence-corrected chi connectivity index (χ3v) is 18.4. The van der Waals surface area contributed by atoms with Gasteiger partial charge in [-0.05, 0) is 101 Å². The lowest BCUT2D eigenvalue weighted by atomic mass is 9.49. The summed E-state index contributed by atoms with van der Waals surface area (Å²) in [6.07, 6.45) is 10.5. The summed E-state index contributed by atoms with van der Waals surface area (Å²) in [6, 6.07) is 34.3. The van der Waals surface area contributed by atoms with Crippen LogP contribution in [0.15, 0.2) is 97.1 Å². The Morgan fingerprint density at radius 1 is 0.766 bits per heavy atom. The van der Waals surface area contributed by atoms with E-state index in [4.69, 9.17) is 4.43 Å². The van der Waals surface area contributed by atoms with Crippen molar-refractivity contribution >= 4 is 26.5 Å². The molecule has 0 amide bonds. The monoisotopic (exact) mass is 646 g/mol.